The zero-order chi connectivity index (χ0) is 19.6. The van der Waals surface area contributed by atoms with Crippen molar-refractivity contribution in [1.82, 2.24) is 15.7 Å². The van der Waals surface area contributed by atoms with E-state index in [-0.39, 0.29) is 18.2 Å². The SMILES string of the molecule is COc1cc(/C=N/NC(=O)CNC(=O)c2ccncc2)ccc1OC(C)=O. The number of aromatic nitrogens is 1. The lowest BCUT2D eigenvalue weighted by atomic mass is 10.2. The van der Waals surface area contributed by atoms with Gasteiger partial charge in [0.05, 0.1) is 19.9 Å². The van der Waals surface area contributed by atoms with E-state index in [0.717, 1.165) is 0 Å². The zero-order valence-corrected chi connectivity index (χ0v) is 14.8. The first-order valence-electron chi connectivity index (χ1n) is 7.86. The molecule has 2 amide bonds. The molecular formula is C18H18N4O5. The Hall–Kier alpha value is -3.75. The van der Waals surface area contributed by atoms with Gasteiger partial charge in [-0.05, 0) is 35.9 Å². The third-order valence-corrected chi connectivity index (χ3v) is 3.20. The van der Waals surface area contributed by atoms with Crippen molar-refractivity contribution < 1.29 is 23.9 Å². The number of esters is 1. The van der Waals surface area contributed by atoms with E-state index >= 15 is 0 Å². The fourth-order valence-electron chi connectivity index (χ4n) is 1.99. The van der Waals surface area contributed by atoms with E-state index in [1.165, 1.54) is 44.8 Å². The van der Waals surface area contributed by atoms with Gasteiger partial charge in [0.25, 0.3) is 11.8 Å². The van der Waals surface area contributed by atoms with Crippen molar-refractivity contribution in [3.05, 3.63) is 53.9 Å². The van der Waals surface area contributed by atoms with Gasteiger partial charge < -0.3 is 14.8 Å². The van der Waals surface area contributed by atoms with Crippen LogP contribution < -0.4 is 20.2 Å². The van der Waals surface area contributed by atoms with Crippen LogP contribution in [0.2, 0.25) is 0 Å². The highest BCUT2D eigenvalue weighted by atomic mass is 16.6. The average molecular weight is 370 g/mol. The minimum absolute atomic E-state index is 0.229. The number of rotatable bonds is 7. The van der Waals surface area contributed by atoms with Crippen LogP contribution in [-0.4, -0.2) is 42.6 Å². The molecule has 0 aliphatic carbocycles. The van der Waals surface area contributed by atoms with Crippen LogP contribution >= 0.6 is 0 Å². The first kappa shape index (κ1) is 19.6. The number of benzene rings is 1. The molecule has 0 radical (unpaired) electrons. The molecule has 0 aliphatic rings. The number of ether oxygens (including phenoxy) is 2. The molecule has 9 nitrogen and oxygen atoms in total. The molecule has 27 heavy (non-hydrogen) atoms. The van der Waals surface area contributed by atoms with Crippen molar-refractivity contribution in [2.45, 2.75) is 6.92 Å². The monoisotopic (exact) mass is 370 g/mol. The Labute approximate surface area is 155 Å². The van der Waals surface area contributed by atoms with Crippen LogP contribution in [0.25, 0.3) is 0 Å². The molecule has 0 fully saturated rings. The Morgan fingerprint density at radius 2 is 1.89 bits per heavy atom. The predicted molar refractivity (Wildman–Crippen MR) is 96.6 cm³/mol. The highest BCUT2D eigenvalue weighted by molar-refractivity contribution is 5.96. The van der Waals surface area contributed by atoms with E-state index in [4.69, 9.17) is 9.47 Å². The molecule has 0 saturated heterocycles. The third kappa shape index (κ3) is 6.24. The summed E-state index contributed by atoms with van der Waals surface area (Å²) in [6.07, 6.45) is 4.36. The molecule has 0 unspecified atom stereocenters. The predicted octanol–water partition coefficient (Wildman–Crippen LogP) is 0.896. The van der Waals surface area contributed by atoms with Gasteiger partial charge in [-0.15, -0.1) is 0 Å². The van der Waals surface area contributed by atoms with Crippen LogP contribution in [0.4, 0.5) is 0 Å². The molecule has 1 aromatic carbocycles. The summed E-state index contributed by atoms with van der Waals surface area (Å²) in [5.41, 5.74) is 3.32. The molecule has 0 saturated carbocycles. The molecule has 0 atom stereocenters. The van der Waals surface area contributed by atoms with Gasteiger partial charge >= 0.3 is 5.97 Å². The quantitative estimate of drug-likeness (QED) is 0.323. The van der Waals surface area contributed by atoms with Gasteiger partial charge in [-0.25, -0.2) is 5.43 Å². The summed E-state index contributed by atoms with van der Waals surface area (Å²) in [4.78, 5) is 38.4. The van der Waals surface area contributed by atoms with Crippen LogP contribution in [0.1, 0.15) is 22.8 Å². The number of hydrogen-bond donors (Lipinski definition) is 2. The fraction of sp³-hybridized carbons (Fsp3) is 0.167. The summed E-state index contributed by atoms with van der Waals surface area (Å²) in [7, 11) is 1.44. The molecule has 1 heterocycles. The molecular weight excluding hydrogens is 352 g/mol. The number of hydrogen-bond acceptors (Lipinski definition) is 7. The highest BCUT2D eigenvalue weighted by Gasteiger charge is 2.08. The van der Waals surface area contributed by atoms with Gasteiger partial charge in [-0.1, -0.05) is 0 Å². The van der Waals surface area contributed by atoms with Gasteiger partial charge in [0.15, 0.2) is 11.5 Å². The van der Waals surface area contributed by atoms with Crippen molar-refractivity contribution in [2.75, 3.05) is 13.7 Å². The van der Waals surface area contributed by atoms with Gasteiger partial charge in [0.1, 0.15) is 0 Å². The summed E-state index contributed by atoms with van der Waals surface area (Å²) in [5, 5.41) is 6.28. The van der Waals surface area contributed by atoms with Gasteiger partial charge in [-0.2, -0.15) is 5.10 Å². The lowest BCUT2D eigenvalue weighted by molar-refractivity contribution is -0.132. The summed E-state index contributed by atoms with van der Waals surface area (Å²) < 4.78 is 10.1. The minimum atomic E-state index is -0.489. The average Bonchev–Trinajstić information content (AvgIpc) is 2.67. The van der Waals surface area contributed by atoms with E-state index in [0.29, 0.717) is 16.9 Å². The van der Waals surface area contributed by atoms with Crippen LogP contribution in [-0.2, 0) is 9.59 Å². The number of hydrazone groups is 1. The Kier molecular flexibility index (Phi) is 7.00. The van der Waals surface area contributed by atoms with Crippen molar-refractivity contribution in [2.24, 2.45) is 5.10 Å². The van der Waals surface area contributed by atoms with Crippen LogP contribution in [0.15, 0.2) is 47.8 Å². The standard InChI is InChI=1S/C18H18N4O5/c1-12(23)27-15-4-3-13(9-16(15)26-2)10-21-22-17(24)11-20-18(25)14-5-7-19-8-6-14/h3-10H,11H2,1-2H3,(H,20,25)(H,22,24)/b21-10+. The molecule has 2 aromatic rings. The molecule has 0 bridgehead atoms. The second-order valence-corrected chi connectivity index (χ2v) is 5.22. The first-order chi connectivity index (χ1) is 13.0. The van der Waals surface area contributed by atoms with E-state index in [9.17, 15) is 14.4 Å². The van der Waals surface area contributed by atoms with Gasteiger partial charge in [0.2, 0.25) is 0 Å². The number of carbonyl (C=O) groups excluding carboxylic acids is 3. The maximum Gasteiger partial charge on any atom is 0.308 e. The van der Waals surface area contributed by atoms with E-state index in [2.05, 4.69) is 20.8 Å². The van der Waals surface area contributed by atoms with Gasteiger partial charge in [-0.3, -0.25) is 19.4 Å². The Balaban J connectivity index is 1.86. The van der Waals surface area contributed by atoms with Crippen molar-refractivity contribution in [1.29, 1.82) is 0 Å². The molecule has 0 spiro atoms. The number of amides is 2. The molecule has 0 aliphatic heterocycles. The number of nitrogens with zero attached hydrogens (tertiary/aromatic N) is 2. The van der Waals surface area contributed by atoms with Crippen LogP contribution in [0.5, 0.6) is 11.5 Å². The lowest BCUT2D eigenvalue weighted by Gasteiger charge is -2.08. The lowest BCUT2D eigenvalue weighted by Crippen LogP contribution is -2.34. The smallest absolute Gasteiger partial charge is 0.308 e. The normalized spacial score (nSPS) is 10.3. The van der Waals surface area contributed by atoms with E-state index in [1.54, 1.807) is 18.2 Å². The highest BCUT2D eigenvalue weighted by Crippen LogP contribution is 2.27. The van der Waals surface area contributed by atoms with Gasteiger partial charge in [0, 0.05) is 24.9 Å². The summed E-state index contributed by atoms with van der Waals surface area (Å²) in [6.45, 7) is 1.06. The molecule has 1 aromatic heterocycles. The third-order valence-electron chi connectivity index (χ3n) is 3.20. The molecule has 140 valence electrons. The number of methoxy groups -OCH3 is 1. The topological polar surface area (TPSA) is 119 Å². The maximum atomic E-state index is 11.8. The minimum Gasteiger partial charge on any atom is -0.493 e. The van der Waals surface area contributed by atoms with Crippen molar-refractivity contribution in [3.63, 3.8) is 0 Å². The zero-order valence-electron chi connectivity index (χ0n) is 14.8. The Morgan fingerprint density at radius 3 is 2.56 bits per heavy atom. The summed E-state index contributed by atoms with van der Waals surface area (Å²) >= 11 is 0. The molecule has 9 heteroatoms. The molecule has 2 N–H and O–H groups in total. The second kappa shape index (κ2) is 9.66. The molecule has 2 rings (SSSR count). The number of nitrogens with one attached hydrogen (secondary N) is 2. The number of pyridine rings is 1. The fourth-order valence-corrected chi connectivity index (χ4v) is 1.99. The largest absolute Gasteiger partial charge is 0.493 e. The van der Waals surface area contributed by atoms with Crippen molar-refractivity contribution in [3.8, 4) is 11.5 Å². The van der Waals surface area contributed by atoms with E-state index in [1.807, 2.05) is 0 Å². The Morgan fingerprint density at radius 1 is 1.15 bits per heavy atom. The van der Waals surface area contributed by atoms with Crippen molar-refractivity contribution >= 4 is 24.0 Å². The van der Waals surface area contributed by atoms with E-state index < -0.39 is 11.9 Å². The first-order valence-corrected chi connectivity index (χ1v) is 7.86. The summed E-state index contributed by atoms with van der Waals surface area (Å²) in [6, 6.07) is 7.87. The number of carbonyl (C=O) groups is 3. The Bertz CT molecular complexity index is 852. The summed E-state index contributed by atoms with van der Waals surface area (Å²) in [5.74, 6) is -0.703. The van der Waals surface area contributed by atoms with Crippen LogP contribution in [0, 0.1) is 0 Å². The van der Waals surface area contributed by atoms with Crippen LogP contribution in [0.3, 0.4) is 0 Å². The maximum absolute atomic E-state index is 11.8. The second-order valence-electron chi connectivity index (χ2n) is 5.22.